The Bertz CT molecular complexity index is 434. The highest BCUT2D eigenvalue weighted by Crippen LogP contribution is 2.25. The molecule has 0 amide bonds. The molecule has 112 valence electrons. The minimum Gasteiger partial charge on any atom is -0.489 e. The summed E-state index contributed by atoms with van der Waals surface area (Å²) >= 11 is 6.01. The van der Waals surface area contributed by atoms with E-state index >= 15 is 0 Å². The Balaban J connectivity index is 2.39. The number of hydrogen-bond acceptors (Lipinski definition) is 4. The predicted molar refractivity (Wildman–Crippen MR) is 78.7 cm³/mol. The van der Waals surface area contributed by atoms with Crippen molar-refractivity contribution in [2.24, 2.45) is 0 Å². The standard InChI is InChI=1S/C15H21ClO4/c1-3-4-7-19-9-13(18)10-20-15-6-5-12(11(2)17)8-14(15)16/h5-6,8,13,18H,3-4,7,9-10H2,1-2H3. The molecule has 1 aromatic carbocycles. The predicted octanol–water partition coefficient (Wildman–Crippen LogP) is 3.10. The molecule has 0 bridgehead atoms. The zero-order valence-corrected chi connectivity index (χ0v) is 12.7. The Morgan fingerprint density at radius 2 is 2.15 bits per heavy atom. The summed E-state index contributed by atoms with van der Waals surface area (Å²) in [6.07, 6.45) is 1.34. The summed E-state index contributed by atoms with van der Waals surface area (Å²) in [4.78, 5) is 11.2. The first-order valence-corrected chi connectivity index (χ1v) is 7.11. The van der Waals surface area contributed by atoms with Gasteiger partial charge in [-0.15, -0.1) is 0 Å². The number of rotatable bonds is 9. The zero-order chi connectivity index (χ0) is 15.0. The summed E-state index contributed by atoms with van der Waals surface area (Å²) in [5.74, 6) is 0.395. The number of benzene rings is 1. The highest BCUT2D eigenvalue weighted by atomic mass is 35.5. The van der Waals surface area contributed by atoms with E-state index in [9.17, 15) is 9.90 Å². The fourth-order valence-corrected chi connectivity index (χ4v) is 1.77. The van der Waals surface area contributed by atoms with E-state index in [1.54, 1.807) is 18.2 Å². The summed E-state index contributed by atoms with van der Waals surface area (Å²) in [6, 6.07) is 4.83. The van der Waals surface area contributed by atoms with Crippen molar-refractivity contribution in [2.75, 3.05) is 19.8 Å². The Morgan fingerprint density at radius 3 is 2.75 bits per heavy atom. The average Bonchev–Trinajstić information content (AvgIpc) is 2.42. The average molecular weight is 301 g/mol. The smallest absolute Gasteiger partial charge is 0.159 e. The Labute approximate surface area is 124 Å². The van der Waals surface area contributed by atoms with Crippen LogP contribution in [0.3, 0.4) is 0 Å². The number of halogens is 1. The molecule has 0 aliphatic rings. The molecular formula is C15H21ClO4. The highest BCUT2D eigenvalue weighted by molar-refractivity contribution is 6.32. The van der Waals surface area contributed by atoms with E-state index in [0.29, 0.717) is 22.9 Å². The quantitative estimate of drug-likeness (QED) is 0.562. The number of hydrogen-bond donors (Lipinski definition) is 1. The number of aliphatic hydroxyl groups is 1. The van der Waals surface area contributed by atoms with Gasteiger partial charge < -0.3 is 14.6 Å². The molecule has 4 nitrogen and oxygen atoms in total. The van der Waals surface area contributed by atoms with Crippen LogP contribution in [0.25, 0.3) is 0 Å². The van der Waals surface area contributed by atoms with Crippen LogP contribution in [-0.2, 0) is 4.74 Å². The van der Waals surface area contributed by atoms with Crippen molar-refractivity contribution in [2.45, 2.75) is 32.8 Å². The second-order valence-electron chi connectivity index (χ2n) is 4.59. The molecule has 1 atom stereocenters. The summed E-state index contributed by atoms with van der Waals surface area (Å²) < 4.78 is 10.7. The van der Waals surface area contributed by atoms with Crippen LogP contribution in [0.15, 0.2) is 18.2 Å². The first kappa shape index (κ1) is 17.0. The van der Waals surface area contributed by atoms with Crippen LogP contribution in [-0.4, -0.2) is 36.8 Å². The van der Waals surface area contributed by atoms with Gasteiger partial charge in [-0.05, 0) is 31.5 Å². The van der Waals surface area contributed by atoms with Crippen molar-refractivity contribution in [1.29, 1.82) is 0 Å². The molecule has 0 aromatic heterocycles. The number of aliphatic hydroxyl groups excluding tert-OH is 1. The van der Waals surface area contributed by atoms with Crippen molar-refractivity contribution in [3.63, 3.8) is 0 Å². The molecule has 0 aliphatic heterocycles. The lowest BCUT2D eigenvalue weighted by molar-refractivity contribution is 0.0113. The fraction of sp³-hybridized carbons (Fsp3) is 0.533. The van der Waals surface area contributed by atoms with Crippen LogP contribution in [0.5, 0.6) is 5.75 Å². The minimum atomic E-state index is -0.699. The van der Waals surface area contributed by atoms with Gasteiger partial charge in [-0.25, -0.2) is 0 Å². The van der Waals surface area contributed by atoms with Crippen LogP contribution in [0, 0.1) is 0 Å². The summed E-state index contributed by atoms with van der Waals surface area (Å²) in [5, 5.41) is 10.1. The Hall–Kier alpha value is -1.10. The van der Waals surface area contributed by atoms with Crippen molar-refractivity contribution >= 4 is 17.4 Å². The van der Waals surface area contributed by atoms with Gasteiger partial charge in [0.05, 0.1) is 11.6 Å². The molecule has 1 unspecified atom stereocenters. The Kier molecular flexibility index (Phi) is 7.59. The van der Waals surface area contributed by atoms with Crippen molar-refractivity contribution < 1.29 is 19.4 Å². The SMILES string of the molecule is CCCCOCC(O)COc1ccc(C(C)=O)cc1Cl. The molecule has 0 spiro atoms. The van der Waals surface area contributed by atoms with E-state index in [1.165, 1.54) is 6.92 Å². The van der Waals surface area contributed by atoms with E-state index in [2.05, 4.69) is 6.92 Å². The van der Waals surface area contributed by atoms with E-state index in [1.807, 2.05) is 0 Å². The lowest BCUT2D eigenvalue weighted by atomic mass is 10.1. The van der Waals surface area contributed by atoms with Gasteiger partial charge in [0, 0.05) is 12.2 Å². The van der Waals surface area contributed by atoms with E-state index in [4.69, 9.17) is 21.1 Å². The Morgan fingerprint density at radius 1 is 1.40 bits per heavy atom. The second-order valence-corrected chi connectivity index (χ2v) is 5.00. The third kappa shape index (κ3) is 5.90. The van der Waals surface area contributed by atoms with Crippen LogP contribution >= 0.6 is 11.6 Å². The monoisotopic (exact) mass is 300 g/mol. The van der Waals surface area contributed by atoms with Gasteiger partial charge in [-0.1, -0.05) is 24.9 Å². The summed E-state index contributed by atoms with van der Waals surface area (Å²) in [6.45, 7) is 4.54. The minimum absolute atomic E-state index is 0.0530. The number of carbonyl (C=O) groups excluding carboxylic acids is 1. The molecule has 0 fully saturated rings. The first-order valence-electron chi connectivity index (χ1n) is 6.73. The lowest BCUT2D eigenvalue weighted by Crippen LogP contribution is -2.23. The van der Waals surface area contributed by atoms with Gasteiger partial charge >= 0.3 is 0 Å². The highest BCUT2D eigenvalue weighted by Gasteiger charge is 2.09. The summed E-state index contributed by atoms with van der Waals surface area (Å²) in [5.41, 5.74) is 0.533. The molecule has 0 saturated carbocycles. The fourth-order valence-electron chi connectivity index (χ4n) is 1.54. The molecule has 0 aliphatic carbocycles. The van der Waals surface area contributed by atoms with Crippen LogP contribution in [0.4, 0.5) is 0 Å². The zero-order valence-electron chi connectivity index (χ0n) is 11.9. The van der Waals surface area contributed by atoms with Gasteiger partial charge in [0.1, 0.15) is 18.5 Å². The molecular weight excluding hydrogens is 280 g/mol. The number of Topliss-reactive ketones (excluding diaryl/α,β-unsaturated/α-hetero) is 1. The van der Waals surface area contributed by atoms with Crippen molar-refractivity contribution in [3.05, 3.63) is 28.8 Å². The van der Waals surface area contributed by atoms with Gasteiger partial charge in [0.15, 0.2) is 5.78 Å². The lowest BCUT2D eigenvalue weighted by Gasteiger charge is -2.13. The topological polar surface area (TPSA) is 55.8 Å². The van der Waals surface area contributed by atoms with Gasteiger partial charge in [0.2, 0.25) is 0 Å². The van der Waals surface area contributed by atoms with Gasteiger partial charge in [0.25, 0.3) is 0 Å². The van der Waals surface area contributed by atoms with Crippen LogP contribution in [0.2, 0.25) is 5.02 Å². The van der Waals surface area contributed by atoms with E-state index in [0.717, 1.165) is 12.8 Å². The third-order valence-corrected chi connectivity index (χ3v) is 3.02. The van der Waals surface area contributed by atoms with Gasteiger partial charge in [-0.3, -0.25) is 4.79 Å². The normalized spacial score (nSPS) is 12.2. The number of unbranched alkanes of at least 4 members (excludes halogenated alkanes) is 1. The van der Waals surface area contributed by atoms with Crippen molar-refractivity contribution in [1.82, 2.24) is 0 Å². The number of ketones is 1. The maximum atomic E-state index is 11.2. The summed E-state index contributed by atoms with van der Waals surface area (Å²) in [7, 11) is 0. The number of carbonyl (C=O) groups is 1. The molecule has 0 saturated heterocycles. The van der Waals surface area contributed by atoms with Crippen LogP contribution < -0.4 is 4.74 Å². The van der Waals surface area contributed by atoms with E-state index < -0.39 is 6.10 Å². The molecule has 20 heavy (non-hydrogen) atoms. The molecule has 1 N–H and O–H groups in total. The molecule has 1 rings (SSSR count). The number of ether oxygens (including phenoxy) is 2. The first-order chi connectivity index (χ1) is 9.54. The third-order valence-electron chi connectivity index (χ3n) is 2.72. The maximum Gasteiger partial charge on any atom is 0.159 e. The second kappa shape index (κ2) is 8.95. The maximum absolute atomic E-state index is 11.2. The molecule has 0 radical (unpaired) electrons. The van der Waals surface area contributed by atoms with Gasteiger partial charge in [-0.2, -0.15) is 0 Å². The molecule has 0 heterocycles. The molecule has 1 aromatic rings. The van der Waals surface area contributed by atoms with Crippen molar-refractivity contribution in [3.8, 4) is 5.75 Å². The van der Waals surface area contributed by atoms with Crippen LogP contribution in [0.1, 0.15) is 37.0 Å². The molecule has 5 heteroatoms. The largest absolute Gasteiger partial charge is 0.489 e. The van der Waals surface area contributed by atoms with E-state index in [-0.39, 0.29) is 19.0 Å².